The van der Waals surface area contributed by atoms with Crippen LogP contribution in [0.1, 0.15) is 12.0 Å². The quantitative estimate of drug-likeness (QED) is 0.696. The van der Waals surface area contributed by atoms with Crippen molar-refractivity contribution in [2.24, 2.45) is 0 Å². The van der Waals surface area contributed by atoms with Gasteiger partial charge in [0, 0.05) is 6.42 Å². The number of nitrogens with one attached hydrogen (secondary N) is 1. The minimum absolute atomic E-state index is 0.0130. The first kappa shape index (κ1) is 17.8. The summed E-state index contributed by atoms with van der Waals surface area (Å²) in [5.74, 6) is -1.73. The number of benzene rings is 2. The maximum absolute atomic E-state index is 13.4. The Hall–Kier alpha value is -2.54. The van der Waals surface area contributed by atoms with E-state index in [0.717, 1.165) is 0 Å². The predicted octanol–water partition coefficient (Wildman–Crippen LogP) is 3.67. The van der Waals surface area contributed by atoms with Gasteiger partial charge in [0.15, 0.2) is 0 Å². The Bertz CT molecular complexity index is 726. The van der Waals surface area contributed by atoms with Gasteiger partial charge >= 0.3 is 12.1 Å². The fourth-order valence-electron chi connectivity index (χ4n) is 2.09. The lowest BCUT2D eigenvalue weighted by molar-refractivity contribution is -0.140. The monoisotopic (exact) mass is 349 g/mol. The number of carbonyl (C=O) groups is 2. The van der Waals surface area contributed by atoms with Crippen molar-refractivity contribution in [2.75, 3.05) is 11.9 Å². The van der Waals surface area contributed by atoms with Crippen LogP contribution >= 0.6 is 12.6 Å². The summed E-state index contributed by atoms with van der Waals surface area (Å²) in [6.07, 6.45) is -0.908. The minimum atomic E-state index is -1.49. The first-order valence-electron chi connectivity index (χ1n) is 7.13. The summed E-state index contributed by atoms with van der Waals surface area (Å²) in [6, 6.07) is 14.1. The van der Waals surface area contributed by atoms with Gasteiger partial charge < -0.3 is 9.84 Å². The Kier molecular flexibility index (Phi) is 5.81. The third kappa shape index (κ3) is 4.26. The van der Waals surface area contributed by atoms with Gasteiger partial charge in [-0.3, -0.25) is 10.1 Å². The molecule has 2 aromatic carbocycles. The van der Waals surface area contributed by atoms with Crippen molar-refractivity contribution in [1.82, 2.24) is 0 Å². The van der Waals surface area contributed by atoms with E-state index in [1.54, 1.807) is 36.4 Å². The molecule has 0 spiro atoms. The Labute approximate surface area is 143 Å². The van der Waals surface area contributed by atoms with Gasteiger partial charge in [-0.25, -0.2) is 9.18 Å². The molecule has 0 saturated carbocycles. The summed E-state index contributed by atoms with van der Waals surface area (Å²) in [7, 11) is 0. The smallest absolute Gasteiger partial charge is 0.411 e. The standard InChI is InChI=1S/C17H16FNO4S/c18-13-8-4-5-9-14(13)19-16(22)23-11-10-17(24,15(20)21)12-6-2-1-3-7-12/h1-9,24H,10-11H2,(H,19,22)(H,20,21). The van der Waals surface area contributed by atoms with Crippen LogP contribution in [0.5, 0.6) is 0 Å². The summed E-state index contributed by atoms with van der Waals surface area (Å²) in [5.41, 5.74) is 0.472. The lowest BCUT2D eigenvalue weighted by Gasteiger charge is -2.24. The number of rotatable bonds is 6. The molecule has 0 fully saturated rings. The van der Waals surface area contributed by atoms with Crippen molar-refractivity contribution in [3.05, 3.63) is 66.0 Å². The van der Waals surface area contributed by atoms with Crippen LogP contribution in [0, 0.1) is 5.82 Å². The molecule has 2 aromatic rings. The summed E-state index contributed by atoms with van der Waals surface area (Å²) >= 11 is 4.25. The van der Waals surface area contributed by atoms with E-state index >= 15 is 0 Å². The average Bonchev–Trinajstić information content (AvgIpc) is 2.57. The first-order chi connectivity index (χ1) is 11.4. The van der Waals surface area contributed by atoms with E-state index in [9.17, 15) is 19.1 Å². The number of para-hydroxylation sites is 1. The number of hydrogen-bond acceptors (Lipinski definition) is 4. The number of hydrogen-bond donors (Lipinski definition) is 3. The number of anilines is 1. The van der Waals surface area contributed by atoms with Gasteiger partial charge in [-0.1, -0.05) is 42.5 Å². The highest BCUT2D eigenvalue weighted by Gasteiger charge is 2.36. The molecule has 0 aliphatic rings. The van der Waals surface area contributed by atoms with E-state index < -0.39 is 22.6 Å². The van der Waals surface area contributed by atoms with Crippen molar-refractivity contribution in [3.8, 4) is 0 Å². The maximum Gasteiger partial charge on any atom is 0.411 e. The molecule has 24 heavy (non-hydrogen) atoms. The van der Waals surface area contributed by atoms with E-state index in [1.807, 2.05) is 0 Å². The van der Waals surface area contributed by atoms with E-state index in [2.05, 4.69) is 17.9 Å². The average molecular weight is 349 g/mol. The molecule has 2 N–H and O–H groups in total. The summed E-state index contributed by atoms with van der Waals surface area (Å²) in [5, 5.41) is 11.7. The van der Waals surface area contributed by atoms with Crippen molar-refractivity contribution < 1.29 is 23.8 Å². The van der Waals surface area contributed by atoms with Gasteiger partial charge in [0.2, 0.25) is 0 Å². The van der Waals surface area contributed by atoms with E-state index in [0.29, 0.717) is 5.56 Å². The maximum atomic E-state index is 13.4. The van der Waals surface area contributed by atoms with Crippen LogP contribution in [0.4, 0.5) is 14.9 Å². The molecule has 126 valence electrons. The summed E-state index contributed by atoms with van der Waals surface area (Å²) in [4.78, 5) is 23.2. The number of carboxylic acids is 1. The third-order valence-electron chi connectivity index (χ3n) is 3.41. The van der Waals surface area contributed by atoms with Gasteiger partial charge in [0.25, 0.3) is 0 Å². The molecular weight excluding hydrogens is 333 g/mol. The van der Waals surface area contributed by atoms with Crippen molar-refractivity contribution >= 4 is 30.4 Å². The molecule has 0 aliphatic carbocycles. The molecule has 0 saturated heterocycles. The third-order valence-corrected chi connectivity index (χ3v) is 4.09. The molecule has 1 unspecified atom stereocenters. The molecule has 0 heterocycles. The molecule has 0 bridgehead atoms. The normalized spacial score (nSPS) is 12.9. The van der Waals surface area contributed by atoms with Crippen LogP contribution in [0.15, 0.2) is 54.6 Å². The van der Waals surface area contributed by atoms with Gasteiger partial charge in [0.1, 0.15) is 10.6 Å². The first-order valence-corrected chi connectivity index (χ1v) is 7.58. The van der Waals surface area contributed by atoms with E-state index in [1.165, 1.54) is 18.2 Å². The second-order valence-corrected chi connectivity index (χ2v) is 5.79. The summed E-state index contributed by atoms with van der Waals surface area (Å²) < 4.78 is 16.9. The van der Waals surface area contributed by atoms with Gasteiger partial charge in [0.05, 0.1) is 12.3 Å². The lowest BCUT2D eigenvalue weighted by Crippen LogP contribution is -2.32. The van der Waals surface area contributed by atoms with Gasteiger partial charge in [-0.05, 0) is 17.7 Å². The SMILES string of the molecule is O=C(Nc1ccccc1F)OCCC(S)(C(=O)O)c1ccccc1. The van der Waals surface area contributed by atoms with Crippen LogP contribution < -0.4 is 5.32 Å². The second kappa shape index (κ2) is 7.83. The van der Waals surface area contributed by atoms with Crippen LogP contribution in [0.3, 0.4) is 0 Å². The number of carboxylic acid groups (broad SMARTS) is 1. The highest BCUT2D eigenvalue weighted by molar-refractivity contribution is 7.82. The number of ether oxygens (including phenoxy) is 1. The minimum Gasteiger partial charge on any atom is -0.480 e. The zero-order valence-electron chi connectivity index (χ0n) is 12.6. The molecule has 0 aliphatic heterocycles. The lowest BCUT2D eigenvalue weighted by atomic mass is 9.95. The topological polar surface area (TPSA) is 75.6 Å². The van der Waals surface area contributed by atoms with Gasteiger partial charge in [-0.15, -0.1) is 0 Å². The van der Waals surface area contributed by atoms with Crippen molar-refractivity contribution in [2.45, 2.75) is 11.2 Å². The molecule has 2 rings (SSSR count). The molecule has 1 atom stereocenters. The largest absolute Gasteiger partial charge is 0.480 e. The highest BCUT2D eigenvalue weighted by Crippen LogP contribution is 2.32. The van der Waals surface area contributed by atoms with Crippen molar-refractivity contribution in [3.63, 3.8) is 0 Å². The summed E-state index contributed by atoms with van der Waals surface area (Å²) in [6.45, 7) is -0.190. The Morgan fingerprint density at radius 2 is 1.75 bits per heavy atom. The number of amides is 1. The van der Waals surface area contributed by atoms with Crippen LogP contribution in [0.25, 0.3) is 0 Å². The number of thiol groups is 1. The van der Waals surface area contributed by atoms with Gasteiger partial charge in [-0.2, -0.15) is 12.6 Å². The molecular formula is C17H16FNO4S. The number of carbonyl (C=O) groups excluding carboxylic acids is 1. The zero-order valence-corrected chi connectivity index (χ0v) is 13.5. The second-order valence-electron chi connectivity index (χ2n) is 5.02. The Morgan fingerprint density at radius 3 is 2.38 bits per heavy atom. The Morgan fingerprint density at radius 1 is 1.12 bits per heavy atom. The van der Waals surface area contributed by atoms with E-state index in [-0.39, 0.29) is 18.7 Å². The van der Waals surface area contributed by atoms with Crippen LogP contribution in [-0.2, 0) is 14.3 Å². The predicted molar refractivity (Wildman–Crippen MR) is 90.7 cm³/mol. The Balaban J connectivity index is 1.95. The van der Waals surface area contributed by atoms with Crippen LogP contribution in [0.2, 0.25) is 0 Å². The fraction of sp³-hybridized carbons (Fsp3) is 0.176. The fourth-order valence-corrected chi connectivity index (χ4v) is 2.33. The molecule has 0 radical (unpaired) electrons. The molecule has 0 aromatic heterocycles. The molecule has 7 heteroatoms. The van der Waals surface area contributed by atoms with Crippen LogP contribution in [-0.4, -0.2) is 23.8 Å². The zero-order chi connectivity index (χ0) is 17.6. The number of aliphatic carboxylic acids is 1. The van der Waals surface area contributed by atoms with E-state index in [4.69, 9.17) is 4.74 Å². The molecule has 1 amide bonds. The highest BCUT2D eigenvalue weighted by atomic mass is 32.1. The van der Waals surface area contributed by atoms with Crippen molar-refractivity contribution in [1.29, 1.82) is 0 Å². The number of halogens is 1. The molecule has 5 nitrogen and oxygen atoms in total.